The van der Waals surface area contributed by atoms with Crippen LogP contribution in [0.5, 0.6) is 0 Å². The number of anilines is 1. The highest BCUT2D eigenvalue weighted by Gasteiger charge is 2.16. The first-order valence-corrected chi connectivity index (χ1v) is 7.11. The smallest absolute Gasteiger partial charge is 0.271 e. The summed E-state index contributed by atoms with van der Waals surface area (Å²) in [6.07, 6.45) is 0. The van der Waals surface area contributed by atoms with Crippen molar-refractivity contribution in [3.05, 3.63) is 58.2 Å². The molecule has 110 valence electrons. The number of carbonyl (C=O) groups excluding carboxylic acids is 1. The third-order valence-corrected chi connectivity index (χ3v) is 3.55. The summed E-state index contributed by atoms with van der Waals surface area (Å²) in [5, 5.41) is 6.14. The van der Waals surface area contributed by atoms with Crippen molar-refractivity contribution in [1.82, 2.24) is 10.3 Å². The number of halogens is 1. The van der Waals surface area contributed by atoms with E-state index in [9.17, 15) is 4.79 Å². The molecule has 2 rings (SSSR count). The molecule has 1 aromatic heterocycles. The Labute approximate surface area is 129 Å². The molecular formula is C16H18ClN3O. The summed E-state index contributed by atoms with van der Waals surface area (Å²) in [6, 6.07) is 11.3. The molecule has 0 bridgehead atoms. The molecule has 1 unspecified atom stereocenters. The number of benzene rings is 1. The first-order valence-electron chi connectivity index (χ1n) is 6.73. The number of nitrogens with one attached hydrogen (secondary N) is 2. The van der Waals surface area contributed by atoms with Crippen molar-refractivity contribution in [2.24, 2.45) is 0 Å². The van der Waals surface area contributed by atoms with E-state index in [1.807, 2.05) is 38.1 Å². The van der Waals surface area contributed by atoms with Gasteiger partial charge in [0.05, 0.1) is 11.1 Å². The molecule has 5 heteroatoms. The summed E-state index contributed by atoms with van der Waals surface area (Å²) in [6.45, 7) is 3.96. The number of amides is 1. The molecule has 1 amide bonds. The Morgan fingerprint density at radius 3 is 2.48 bits per heavy atom. The molecule has 0 radical (unpaired) electrons. The largest absolute Gasteiger partial charge is 0.373 e. The van der Waals surface area contributed by atoms with E-state index >= 15 is 0 Å². The first kappa shape index (κ1) is 15.3. The number of aromatic nitrogens is 1. The van der Waals surface area contributed by atoms with E-state index in [2.05, 4.69) is 15.6 Å². The molecule has 1 heterocycles. The van der Waals surface area contributed by atoms with Crippen LogP contribution in [0.2, 0.25) is 5.02 Å². The van der Waals surface area contributed by atoms with E-state index < -0.39 is 0 Å². The molecule has 0 aliphatic carbocycles. The monoisotopic (exact) mass is 303 g/mol. The van der Waals surface area contributed by atoms with Crippen molar-refractivity contribution in [3.63, 3.8) is 0 Å². The molecule has 2 aromatic rings. The Balaban J connectivity index is 2.15. The third kappa shape index (κ3) is 3.73. The SMILES string of the molecule is CNc1ccc(Cl)c(C(=O)NC(C)c2ccc(C)cc2)n1. The summed E-state index contributed by atoms with van der Waals surface area (Å²) in [7, 11) is 1.74. The highest BCUT2D eigenvalue weighted by Crippen LogP contribution is 2.18. The minimum absolute atomic E-state index is 0.116. The number of hydrogen-bond donors (Lipinski definition) is 2. The van der Waals surface area contributed by atoms with Crippen molar-refractivity contribution < 1.29 is 4.79 Å². The van der Waals surface area contributed by atoms with Gasteiger partial charge in [0.1, 0.15) is 11.5 Å². The molecule has 21 heavy (non-hydrogen) atoms. The van der Waals surface area contributed by atoms with Crippen molar-refractivity contribution >= 4 is 23.3 Å². The van der Waals surface area contributed by atoms with E-state index in [1.165, 1.54) is 5.56 Å². The zero-order valence-corrected chi connectivity index (χ0v) is 13.0. The van der Waals surface area contributed by atoms with E-state index in [1.54, 1.807) is 19.2 Å². The van der Waals surface area contributed by atoms with Gasteiger partial charge < -0.3 is 10.6 Å². The zero-order chi connectivity index (χ0) is 15.4. The van der Waals surface area contributed by atoms with Gasteiger partial charge in [0.15, 0.2) is 0 Å². The Bertz CT molecular complexity index is 640. The molecule has 1 atom stereocenters. The predicted molar refractivity (Wildman–Crippen MR) is 85.9 cm³/mol. The fraction of sp³-hybridized carbons (Fsp3) is 0.250. The minimum atomic E-state index is -0.287. The maximum absolute atomic E-state index is 12.3. The summed E-state index contributed by atoms with van der Waals surface area (Å²) < 4.78 is 0. The van der Waals surface area contributed by atoms with Crippen LogP contribution >= 0.6 is 11.6 Å². The number of nitrogens with zero attached hydrogens (tertiary/aromatic N) is 1. The van der Waals surface area contributed by atoms with Gasteiger partial charge in [0.2, 0.25) is 0 Å². The number of carbonyl (C=O) groups is 1. The fourth-order valence-corrected chi connectivity index (χ4v) is 2.14. The van der Waals surface area contributed by atoms with Gasteiger partial charge in [-0.15, -0.1) is 0 Å². The van der Waals surface area contributed by atoms with Crippen molar-refractivity contribution in [2.45, 2.75) is 19.9 Å². The summed E-state index contributed by atoms with van der Waals surface area (Å²) in [4.78, 5) is 16.5. The van der Waals surface area contributed by atoms with Gasteiger partial charge in [-0.3, -0.25) is 4.79 Å². The second-order valence-corrected chi connectivity index (χ2v) is 5.29. The van der Waals surface area contributed by atoms with Crippen LogP contribution in [0, 0.1) is 6.92 Å². The molecule has 0 saturated carbocycles. The predicted octanol–water partition coefficient (Wildman–Crippen LogP) is 3.58. The van der Waals surface area contributed by atoms with Crippen molar-refractivity contribution in [3.8, 4) is 0 Å². The van der Waals surface area contributed by atoms with Gasteiger partial charge in [-0.05, 0) is 31.5 Å². The Hall–Kier alpha value is -2.07. The van der Waals surface area contributed by atoms with Gasteiger partial charge in [-0.25, -0.2) is 4.98 Å². The minimum Gasteiger partial charge on any atom is -0.373 e. The van der Waals surface area contributed by atoms with Crippen LogP contribution < -0.4 is 10.6 Å². The zero-order valence-electron chi connectivity index (χ0n) is 12.3. The lowest BCUT2D eigenvalue weighted by Gasteiger charge is -2.15. The first-order chi connectivity index (χ1) is 10.0. The fourth-order valence-electron chi connectivity index (χ4n) is 1.94. The van der Waals surface area contributed by atoms with Crippen LogP contribution in [0.15, 0.2) is 36.4 Å². The quantitative estimate of drug-likeness (QED) is 0.908. The average Bonchev–Trinajstić information content (AvgIpc) is 2.48. The maximum atomic E-state index is 12.3. The lowest BCUT2D eigenvalue weighted by atomic mass is 10.1. The van der Waals surface area contributed by atoms with Crippen LogP contribution in [-0.2, 0) is 0 Å². The topological polar surface area (TPSA) is 54.0 Å². The van der Waals surface area contributed by atoms with Gasteiger partial charge in [0, 0.05) is 7.05 Å². The lowest BCUT2D eigenvalue weighted by Crippen LogP contribution is -2.27. The maximum Gasteiger partial charge on any atom is 0.271 e. The van der Waals surface area contributed by atoms with E-state index in [4.69, 9.17) is 11.6 Å². The normalized spacial score (nSPS) is 11.8. The second-order valence-electron chi connectivity index (χ2n) is 4.88. The van der Waals surface area contributed by atoms with Gasteiger partial charge in [0.25, 0.3) is 5.91 Å². The standard InChI is InChI=1S/C16H18ClN3O/c1-10-4-6-12(7-5-10)11(2)19-16(21)15-13(17)8-9-14(18-3)20-15/h4-9,11H,1-3H3,(H,18,20)(H,19,21). The molecule has 2 N–H and O–H groups in total. The van der Waals surface area contributed by atoms with E-state index in [-0.39, 0.29) is 17.6 Å². The molecule has 0 fully saturated rings. The molecule has 0 saturated heterocycles. The lowest BCUT2D eigenvalue weighted by molar-refractivity contribution is 0.0935. The van der Waals surface area contributed by atoms with Crippen LogP contribution in [0.4, 0.5) is 5.82 Å². The number of pyridine rings is 1. The van der Waals surface area contributed by atoms with Gasteiger partial charge in [-0.2, -0.15) is 0 Å². The summed E-state index contributed by atoms with van der Waals surface area (Å²) in [5.41, 5.74) is 2.45. The molecule has 0 spiro atoms. The van der Waals surface area contributed by atoms with Crippen LogP contribution in [0.3, 0.4) is 0 Å². The highest BCUT2D eigenvalue weighted by atomic mass is 35.5. The van der Waals surface area contributed by atoms with Crippen LogP contribution in [-0.4, -0.2) is 17.9 Å². The molecule has 0 aliphatic heterocycles. The molecular weight excluding hydrogens is 286 g/mol. The average molecular weight is 304 g/mol. The molecule has 1 aromatic carbocycles. The molecule has 0 aliphatic rings. The number of aryl methyl sites for hydroxylation is 1. The number of hydrogen-bond acceptors (Lipinski definition) is 3. The van der Waals surface area contributed by atoms with Crippen molar-refractivity contribution in [1.29, 1.82) is 0 Å². The Kier molecular flexibility index (Phi) is 4.81. The molecule has 4 nitrogen and oxygen atoms in total. The van der Waals surface area contributed by atoms with Gasteiger partial charge in [-0.1, -0.05) is 41.4 Å². The third-order valence-electron chi connectivity index (χ3n) is 3.24. The second kappa shape index (κ2) is 6.59. The Morgan fingerprint density at radius 1 is 1.19 bits per heavy atom. The van der Waals surface area contributed by atoms with Crippen molar-refractivity contribution in [2.75, 3.05) is 12.4 Å². The Morgan fingerprint density at radius 2 is 1.86 bits per heavy atom. The van der Waals surface area contributed by atoms with E-state index in [0.29, 0.717) is 10.8 Å². The number of rotatable bonds is 4. The summed E-state index contributed by atoms with van der Waals surface area (Å²) in [5.74, 6) is 0.317. The summed E-state index contributed by atoms with van der Waals surface area (Å²) >= 11 is 6.05. The van der Waals surface area contributed by atoms with Crippen LogP contribution in [0.1, 0.15) is 34.6 Å². The van der Waals surface area contributed by atoms with Crippen LogP contribution in [0.25, 0.3) is 0 Å². The van der Waals surface area contributed by atoms with Gasteiger partial charge >= 0.3 is 0 Å². The van der Waals surface area contributed by atoms with E-state index in [0.717, 1.165) is 5.56 Å². The highest BCUT2D eigenvalue weighted by molar-refractivity contribution is 6.33.